The maximum Gasteiger partial charge on any atom is 0.0623 e. The SMILES string of the molecule is CC(C)(C)c1cc(C(C)(C)C)cc(C(C)(C)C)c1.Cc1cc(C)cc(C(C)(C)C)c1.Cc1cccc(CNc2cccc3c2[C@]2(CCc4cccc(C)c42)CC3)n1.Cc1cccc2c1[C@@]1(CC2)CCc2cccc(NCc3cc(C(C)(C)C)ccn3)c21.Cc1cccnc1CNc1cccc2c1[C@]1(CCc3cccc(C)c31)CC2. The number of benzene rings is 8. The Balaban J connectivity index is 0.000000128. The zero-order chi connectivity index (χ0) is 81.5. The molecule has 0 amide bonds. The highest BCUT2D eigenvalue weighted by molar-refractivity contribution is 5.70. The topological polar surface area (TPSA) is 74.8 Å². The normalized spacial score (nSPS) is 18.1. The maximum atomic E-state index is 4.66. The number of hydrogen-bond donors (Lipinski definition) is 3. The van der Waals surface area contributed by atoms with Gasteiger partial charge in [-0.05, 0) is 318 Å². The Hall–Kier alpha value is -9.39. The van der Waals surface area contributed by atoms with Crippen LogP contribution in [0.2, 0.25) is 0 Å². The molecule has 0 aliphatic heterocycles. The number of hydrogen-bond acceptors (Lipinski definition) is 6. The van der Waals surface area contributed by atoms with E-state index in [1.807, 2.05) is 18.5 Å². The van der Waals surface area contributed by atoms with Crippen molar-refractivity contribution >= 4 is 17.1 Å². The van der Waals surface area contributed by atoms with Gasteiger partial charge in [-0.2, -0.15) is 0 Å². The molecule has 3 spiro atoms. The molecule has 0 bridgehead atoms. The van der Waals surface area contributed by atoms with E-state index < -0.39 is 0 Å². The minimum absolute atomic E-state index is 0.140. The highest BCUT2D eigenvalue weighted by atomic mass is 14.9. The van der Waals surface area contributed by atoms with Crippen LogP contribution in [0.1, 0.15) is 293 Å². The standard InChI is InChI=1S/C28H32N2.2C25H26N2.C18H30.C12H18/c1-19-7-5-8-20-11-14-28(25(19)20)15-12-21-9-6-10-24(26(21)28)30-18-23-17-22(13-16-29-23)27(2,3)4;1-17-7-5-15-26-22(17)16-27-21-10-4-9-20-12-14-25(24(20)21)13-11-19-8-3-6-18(2)23(19)25;1-17-6-3-8-19-12-14-25(23(17)19)15-13-20-9-5-11-22(24(20)25)26-16-21-10-4-7-18(2)27-21;1-16(2,3)13-10-14(17(4,5)6)12-15(11-13)18(7,8)9;1-9-6-10(2)8-11(7-9)12(3,4)5/h5-10,13,16-17,30H,11-12,14-15,18H2,1-4H3;3-10,15,27H,11-14,16H2,1-2H3;3-11,26H,12-16H2,1-2H3;10-12H,1-9H3;6-8H,1-5H3/t28-;2*25-;;/m111../s1. The molecule has 6 aliphatic rings. The molecule has 3 aromatic heterocycles. The van der Waals surface area contributed by atoms with E-state index >= 15 is 0 Å². The third kappa shape index (κ3) is 17.4. The fourth-order valence-electron chi connectivity index (χ4n) is 20.1. The summed E-state index contributed by atoms with van der Waals surface area (Å²) in [7, 11) is 0. The molecule has 6 aliphatic carbocycles. The number of aromatic nitrogens is 3. The molecule has 3 atom stereocenters. The van der Waals surface area contributed by atoms with Crippen LogP contribution < -0.4 is 16.0 Å². The Labute approximate surface area is 687 Å². The molecule has 0 saturated heterocycles. The quantitative estimate of drug-likeness (QED) is 0.134. The van der Waals surface area contributed by atoms with Gasteiger partial charge >= 0.3 is 0 Å². The fraction of sp³-hybridized carbons (Fsp3) is 0.417. The molecule has 6 nitrogen and oxygen atoms in total. The lowest BCUT2D eigenvalue weighted by Gasteiger charge is -2.30. The molecule has 17 rings (SSSR count). The van der Waals surface area contributed by atoms with Crippen LogP contribution in [0, 0.1) is 48.5 Å². The number of nitrogens with zero attached hydrogens (tertiary/aromatic N) is 3. The molecule has 594 valence electrons. The van der Waals surface area contributed by atoms with Gasteiger partial charge in [0.25, 0.3) is 0 Å². The molecule has 3 N–H and O–H groups in total. The smallest absolute Gasteiger partial charge is 0.0623 e. The molecule has 0 radical (unpaired) electrons. The summed E-state index contributed by atoms with van der Waals surface area (Å²) in [6, 6.07) is 69.7. The number of rotatable bonds is 9. The first-order chi connectivity index (χ1) is 54.0. The van der Waals surface area contributed by atoms with Crippen molar-refractivity contribution < 1.29 is 0 Å². The molecular formula is C108H132N6. The zero-order valence-electron chi connectivity index (χ0n) is 73.5. The highest BCUT2D eigenvalue weighted by Gasteiger charge is 2.50. The number of aryl methyl sites for hydroxylation is 13. The van der Waals surface area contributed by atoms with Crippen molar-refractivity contribution in [1.29, 1.82) is 0 Å². The molecule has 8 aromatic carbocycles. The average molecular weight is 1510 g/mol. The number of pyridine rings is 3. The summed E-state index contributed by atoms with van der Waals surface area (Å²) in [5.74, 6) is 0. The third-order valence-corrected chi connectivity index (χ3v) is 26.1. The molecule has 11 aromatic rings. The van der Waals surface area contributed by atoms with E-state index in [0.29, 0.717) is 0 Å². The van der Waals surface area contributed by atoms with Gasteiger partial charge in [0.05, 0.1) is 36.7 Å². The summed E-state index contributed by atoms with van der Waals surface area (Å²) in [5.41, 5.74) is 44.0. The number of anilines is 3. The average Bonchev–Trinajstić information content (AvgIpc) is 1.57. The maximum absolute atomic E-state index is 4.66. The third-order valence-electron chi connectivity index (χ3n) is 26.1. The molecule has 6 heteroatoms. The van der Waals surface area contributed by atoms with Gasteiger partial charge in [0.15, 0.2) is 0 Å². The van der Waals surface area contributed by atoms with Crippen LogP contribution >= 0.6 is 0 Å². The summed E-state index contributed by atoms with van der Waals surface area (Å²) in [4.78, 5) is 13.9. The molecule has 3 heterocycles. The van der Waals surface area contributed by atoms with Crippen LogP contribution in [-0.2, 0) is 101 Å². The van der Waals surface area contributed by atoms with Gasteiger partial charge in [0, 0.05) is 51.4 Å². The number of nitrogens with one attached hydrogen (secondary N) is 3. The Morgan fingerprint density at radius 1 is 0.281 bits per heavy atom. The van der Waals surface area contributed by atoms with E-state index in [0.717, 1.165) is 42.4 Å². The van der Waals surface area contributed by atoms with E-state index in [1.165, 1.54) is 172 Å². The predicted octanol–water partition coefficient (Wildman–Crippen LogP) is 26.6. The van der Waals surface area contributed by atoms with Crippen LogP contribution in [-0.4, -0.2) is 15.0 Å². The van der Waals surface area contributed by atoms with Gasteiger partial charge in [0.2, 0.25) is 0 Å². The van der Waals surface area contributed by atoms with E-state index in [-0.39, 0.29) is 43.3 Å². The Kier molecular flexibility index (Phi) is 23.7. The number of fused-ring (bicyclic) bond motifs is 12. The van der Waals surface area contributed by atoms with Gasteiger partial charge in [-0.25, -0.2) is 0 Å². The minimum Gasteiger partial charge on any atom is -0.379 e. The van der Waals surface area contributed by atoms with Crippen molar-refractivity contribution in [3.8, 4) is 0 Å². The molecule has 0 fully saturated rings. The van der Waals surface area contributed by atoms with Crippen molar-refractivity contribution in [2.75, 3.05) is 16.0 Å². The van der Waals surface area contributed by atoms with E-state index in [1.54, 1.807) is 50.1 Å². The minimum atomic E-state index is 0.140. The first-order valence-corrected chi connectivity index (χ1v) is 42.9. The lowest BCUT2D eigenvalue weighted by atomic mass is 9.74. The Morgan fingerprint density at radius 3 is 0.965 bits per heavy atom. The van der Waals surface area contributed by atoms with Gasteiger partial charge in [-0.15, -0.1) is 0 Å². The van der Waals surface area contributed by atoms with Gasteiger partial charge in [0.1, 0.15) is 0 Å². The van der Waals surface area contributed by atoms with Gasteiger partial charge < -0.3 is 16.0 Å². The van der Waals surface area contributed by atoms with Gasteiger partial charge in [-0.3, -0.25) is 15.0 Å². The van der Waals surface area contributed by atoms with Crippen LogP contribution in [0.4, 0.5) is 17.1 Å². The predicted molar refractivity (Wildman–Crippen MR) is 485 cm³/mol. The molecule has 114 heavy (non-hydrogen) atoms. The molecule has 0 saturated carbocycles. The van der Waals surface area contributed by atoms with Crippen molar-refractivity contribution in [3.05, 3.63) is 351 Å². The van der Waals surface area contributed by atoms with Crippen molar-refractivity contribution in [2.45, 2.75) is 292 Å². The van der Waals surface area contributed by atoms with Crippen LogP contribution in [0.15, 0.2) is 200 Å². The van der Waals surface area contributed by atoms with E-state index in [9.17, 15) is 0 Å². The summed E-state index contributed by atoms with van der Waals surface area (Å²) in [5, 5.41) is 11.2. The van der Waals surface area contributed by atoms with Crippen molar-refractivity contribution in [1.82, 2.24) is 15.0 Å². The van der Waals surface area contributed by atoms with Crippen molar-refractivity contribution in [3.63, 3.8) is 0 Å². The summed E-state index contributed by atoms with van der Waals surface area (Å²) in [6.07, 6.45) is 18.4. The second-order valence-corrected chi connectivity index (χ2v) is 39.7. The van der Waals surface area contributed by atoms with Crippen LogP contribution in [0.25, 0.3) is 0 Å². The summed E-state index contributed by atoms with van der Waals surface area (Å²) < 4.78 is 0. The summed E-state index contributed by atoms with van der Waals surface area (Å²) in [6.45, 7) is 51.8. The Morgan fingerprint density at radius 2 is 0.605 bits per heavy atom. The molecular weight excluding hydrogens is 1380 g/mol. The summed E-state index contributed by atoms with van der Waals surface area (Å²) >= 11 is 0. The Bertz CT molecular complexity index is 5190. The first kappa shape index (κ1) is 82.6. The highest BCUT2D eigenvalue weighted by Crippen LogP contribution is 2.59. The second kappa shape index (κ2) is 32.7. The zero-order valence-corrected chi connectivity index (χ0v) is 73.5. The van der Waals surface area contributed by atoms with Gasteiger partial charge in [-0.1, -0.05) is 255 Å². The van der Waals surface area contributed by atoms with Crippen molar-refractivity contribution in [2.24, 2.45) is 0 Å². The first-order valence-electron chi connectivity index (χ1n) is 42.9. The van der Waals surface area contributed by atoms with Crippen LogP contribution in [0.5, 0.6) is 0 Å². The fourth-order valence-corrected chi connectivity index (χ4v) is 20.1. The van der Waals surface area contributed by atoms with Crippen LogP contribution in [0.3, 0.4) is 0 Å². The lowest BCUT2D eigenvalue weighted by molar-refractivity contribution is 0.506. The second-order valence-electron chi connectivity index (χ2n) is 39.7. The monoisotopic (exact) mass is 1510 g/mol. The van der Waals surface area contributed by atoms with E-state index in [2.05, 4.69) is 365 Å². The van der Waals surface area contributed by atoms with E-state index in [4.69, 9.17) is 0 Å². The lowest BCUT2D eigenvalue weighted by Crippen LogP contribution is -2.24. The largest absolute Gasteiger partial charge is 0.379 e. The molecule has 0 unspecified atom stereocenters.